The summed E-state index contributed by atoms with van der Waals surface area (Å²) in [6, 6.07) is 5.54. The standard InChI is InChI=1S/C17H23N3O2/c1-12-9-10-15(11-13(12)2)18-16(21)17(22)20-19-14-7-5-3-4-6-8-14/h9-11H,3-8H2,1-2H3,(H,18,21)(H,20,22). The molecule has 1 saturated carbocycles. The molecular weight excluding hydrogens is 278 g/mol. The van der Waals surface area contributed by atoms with E-state index >= 15 is 0 Å². The summed E-state index contributed by atoms with van der Waals surface area (Å²) in [6.45, 7) is 3.96. The zero-order chi connectivity index (χ0) is 15.9. The Labute approximate surface area is 131 Å². The SMILES string of the molecule is Cc1ccc(NC(=O)C(=O)NN=C2CCCCCC2)cc1C. The van der Waals surface area contributed by atoms with Crippen molar-refractivity contribution in [3.63, 3.8) is 0 Å². The fourth-order valence-electron chi connectivity index (χ4n) is 2.44. The van der Waals surface area contributed by atoms with Gasteiger partial charge in [0.05, 0.1) is 0 Å². The van der Waals surface area contributed by atoms with E-state index in [0.29, 0.717) is 5.69 Å². The number of hydrogen-bond donors (Lipinski definition) is 2. The lowest BCUT2D eigenvalue weighted by atomic mass is 10.1. The first-order chi connectivity index (χ1) is 10.6. The molecule has 1 aromatic carbocycles. The first-order valence-corrected chi connectivity index (χ1v) is 7.80. The lowest BCUT2D eigenvalue weighted by Crippen LogP contribution is -2.33. The van der Waals surface area contributed by atoms with Crippen LogP contribution in [0.5, 0.6) is 0 Å². The molecule has 0 spiro atoms. The van der Waals surface area contributed by atoms with Crippen LogP contribution in [0.2, 0.25) is 0 Å². The molecular formula is C17H23N3O2. The monoisotopic (exact) mass is 301 g/mol. The molecule has 0 aromatic heterocycles. The molecule has 5 heteroatoms. The number of nitrogens with zero attached hydrogens (tertiary/aromatic N) is 1. The minimum atomic E-state index is -0.727. The van der Waals surface area contributed by atoms with Crippen molar-refractivity contribution >= 4 is 23.2 Å². The lowest BCUT2D eigenvalue weighted by molar-refractivity contribution is -0.136. The Kier molecular flexibility index (Phi) is 5.69. The second-order valence-electron chi connectivity index (χ2n) is 5.79. The molecule has 0 radical (unpaired) electrons. The van der Waals surface area contributed by atoms with Crippen molar-refractivity contribution < 1.29 is 9.59 Å². The maximum Gasteiger partial charge on any atom is 0.329 e. The number of rotatable bonds is 2. The Morgan fingerprint density at radius 3 is 2.27 bits per heavy atom. The molecule has 1 fully saturated rings. The molecule has 2 rings (SSSR count). The van der Waals surface area contributed by atoms with Crippen LogP contribution in [0.25, 0.3) is 0 Å². The van der Waals surface area contributed by atoms with E-state index in [0.717, 1.165) is 42.5 Å². The second kappa shape index (κ2) is 7.73. The van der Waals surface area contributed by atoms with Crippen molar-refractivity contribution in [3.8, 4) is 0 Å². The first kappa shape index (κ1) is 16.2. The van der Waals surface area contributed by atoms with Gasteiger partial charge < -0.3 is 5.32 Å². The molecule has 1 aliphatic rings. The molecule has 22 heavy (non-hydrogen) atoms. The van der Waals surface area contributed by atoms with Crippen molar-refractivity contribution in [2.45, 2.75) is 52.4 Å². The third-order valence-corrected chi connectivity index (χ3v) is 3.97. The van der Waals surface area contributed by atoms with Crippen LogP contribution in [-0.4, -0.2) is 17.5 Å². The van der Waals surface area contributed by atoms with Crippen LogP contribution < -0.4 is 10.7 Å². The summed E-state index contributed by atoms with van der Waals surface area (Å²) in [5.74, 6) is -1.42. The van der Waals surface area contributed by atoms with Gasteiger partial charge in [0.25, 0.3) is 0 Å². The molecule has 0 saturated heterocycles. The van der Waals surface area contributed by atoms with Crippen LogP contribution in [0.1, 0.15) is 49.7 Å². The van der Waals surface area contributed by atoms with Gasteiger partial charge in [0, 0.05) is 11.4 Å². The van der Waals surface area contributed by atoms with Crippen molar-refractivity contribution in [3.05, 3.63) is 29.3 Å². The topological polar surface area (TPSA) is 70.6 Å². The summed E-state index contributed by atoms with van der Waals surface area (Å²) < 4.78 is 0. The van der Waals surface area contributed by atoms with Crippen molar-refractivity contribution in [1.82, 2.24) is 5.43 Å². The van der Waals surface area contributed by atoms with Crippen molar-refractivity contribution in [1.29, 1.82) is 0 Å². The third kappa shape index (κ3) is 4.69. The van der Waals surface area contributed by atoms with Crippen molar-refractivity contribution in [2.24, 2.45) is 5.10 Å². The normalized spacial score (nSPS) is 14.9. The zero-order valence-electron chi connectivity index (χ0n) is 13.2. The fourth-order valence-corrected chi connectivity index (χ4v) is 2.44. The predicted octanol–water partition coefficient (Wildman–Crippen LogP) is 3.07. The largest absolute Gasteiger partial charge is 0.329 e. The zero-order valence-corrected chi connectivity index (χ0v) is 13.2. The number of carbonyl (C=O) groups excluding carboxylic acids is 2. The first-order valence-electron chi connectivity index (χ1n) is 7.80. The average molecular weight is 301 g/mol. The summed E-state index contributed by atoms with van der Waals surface area (Å²) >= 11 is 0. The van der Waals surface area contributed by atoms with E-state index in [1.54, 1.807) is 6.07 Å². The van der Waals surface area contributed by atoms with Gasteiger partial charge in [-0.25, -0.2) is 5.43 Å². The van der Waals surface area contributed by atoms with E-state index in [1.807, 2.05) is 26.0 Å². The highest BCUT2D eigenvalue weighted by Gasteiger charge is 2.14. The minimum absolute atomic E-state index is 0.616. The Balaban J connectivity index is 1.90. The third-order valence-electron chi connectivity index (χ3n) is 3.97. The van der Waals surface area contributed by atoms with Gasteiger partial charge in [-0.2, -0.15) is 5.10 Å². The molecule has 0 atom stereocenters. The number of amides is 2. The summed E-state index contributed by atoms with van der Waals surface area (Å²) in [6.07, 6.45) is 6.42. The van der Waals surface area contributed by atoms with E-state index in [9.17, 15) is 9.59 Å². The quantitative estimate of drug-likeness (QED) is 0.500. The van der Waals surface area contributed by atoms with E-state index in [1.165, 1.54) is 12.8 Å². The Morgan fingerprint density at radius 1 is 0.955 bits per heavy atom. The van der Waals surface area contributed by atoms with Gasteiger partial charge >= 0.3 is 11.8 Å². The molecule has 0 heterocycles. The molecule has 2 N–H and O–H groups in total. The molecule has 5 nitrogen and oxygen atoms in total. The second-order valence-corrected chi connectivity index (χ2v) is 5.79. The van der Waals surface area contributed by atoms with Gasteiger partial charge in [0.1, 0.15) is 0 Å². The van der Waals surface area contributed by atoms with Gasteiger partial charge in [-0.1, -0.05) is 18.9 Å². The Hall–Kier alpha value is -2.17. The van der Waals surface area contributed by atoms with E-state index in [2.05, 4.69) is 15.8 Å². The number of aryl methyl sites for hydroxylation is 2. The van der Waals surface area contributed by atoms with Crippen LogP contribution in [0.3, 0.4) is 0 Å². The number of anilines is 1. The molecule has 1 aromatic rings. The molecule has 0 bridgehead atoms. The lowest BCUT2D eigenvalue weighted by Gasteiger charge is -2.07. The minimum Gasteiger partial charge on any atom is -0.318 e. The van der Waals surface area contributed by atoms with Crippen LogP contribution in [0.4, 0.5) is 5.69 Å². The maximum absolute atomic E-state index is 11.9. The fraction of sp³-hybridized carbons (Fsp3) is 0.471. The van der Waals surface area contributed by atoms with Crippen LogP contribution in [0.15, 0.2) is 23.3 Å². The van der Waals surface area contributed by atoms with Crippen LogP contribution in [-0.2, 0) is 9.59 Å². The average Bonchev–Trinajstić information content (AvgIpc) is 2.77. The Morgan fingerprint density at radius 2 is 1.64 bits per heavy atom. The Bertz CT molecular complexity index is 584. The summed E-state index contributed by atoms with van der Waals surface area (Å²) in [7, 11) is 0. The molecule has 1 aliphatic carbocycles. The summed E-state index contributed by atoms with van der Waals surface area (Å²) in [5.41, 5.74) is 6.16. The van der Waals surface area contributed by atoms with E-state index in [-0.39, 0.29) is 0 Å². The van der Waals surface area contributed by atoms with E-state index in [4.69, 9.17) is 0 Å². The van der Waals surface area contributed by atoms with Crippen LogP contribution in [0, 0.1) is 13.8 Å². The van der Waals surface area contributed by atoms with E-state index < -0.39 is 11.8 Å². The van der Waals surface area contributed by atoms with Gasteiger partial charge in [-0.3, -0.25) is 9.59 Å². The van der Waals surface area contributed by atoms with Gasteiger partial charge in [0.15, 0.2) is 0 Å². The van der Waals surface area contributed by atoms with Gasteiger partial charge in [-0.05, 0) is 62.8 Å². The van der Waals surface area contributed by atoms with Crippen LogP contribution >= 0.6 is 0 Å². The van der Waals surface area contributed by atoms with Gasteiger partial charge in [-0.15, -0.1) is 0 Å². The predicted molar refractivity (Wildman–Crippen MR) is 87.8 cm³/mol. The molecule has 0 aliphatic heterocycles. The number of carbonyl (C=O) groups is 2. The summed E-state index contributed by atoms with van der Waals surface area (Å²) in [4.78, 5) is 23.7. The number of benzene rings is 1. The summed E-state index contributed by atoms with van der Waals surface area (Å²) in [5, 5.41) is 6.68. The highest BCUT2D eigenvalue weighted by Crippen LogP contribution is 2.15. The van der Waals surface area contributed by atoms with Crippen molar-refractivity contribution in [2.75, 3.05) is 5.32 Å². The molecule has 0 unspecified atom stereocenters. The molecule has 118 valence electrons. The number of hydrogen-bond acceptors (Lipinski definition) is 3. The smallest absolute Gasteiger partial charge is 0.318 e. The number of hydrazone groups is 1. The highest BCUT2D eigenvalue weighted by molar-refractivity contribution is 6.39. The number of nitrogens with one attached hydrogen (secondary N) is 2. The van der Waals surface area contributed by atoms with Gasteiger partial charge in [0.2, 0.25) is 0 Å². The molecule has 2 amide bonds. The maximum atomic E-state index is 11.9. The highest BCUT2D eigenvalue weighted by atomic mass is 16.2.